The van der Waals surface area contributed by atoms with Gasteiger partial charge in [0.25, 0.3) is 0 Å². The molecule has 0 aliphatic heterocycles. The quantitative estimate of drug-likeness (QED) is 0.314. The number of rotatable bonds is 1. The molecule has 0 saturated heterocycles. The third-order valence-electron chi connectivity index (χ3n) is 0.407. The molecule has 3 heteroatoms. The fourth-order valence-electron chi connectivity index (χ4n) is 0.286. The van der Waals surface area contributed by atoms with Crippen molar-refractivity contribution in [2.75, 3.05) is 0 Å². The van der Waals surface area contributed by atoms with E-state index in [2.05, 4.69) is 0 Å². The van der Waals surface area contributed by atoms with E-state index in [1.807, 2.05) is 0 Å². The van der Waals surface area contributed by atoms with E-state index in [4.69, 9.17) is 0 Å². The standard InChI is InChI=1S/C5H8O2.Sr/c1-4(6)3-5(2)7;/h3,6H,1-2H3;/q;+2/p-1. The summed E-state index contributed by atoms with van der Waals surface area (Å²) in [7, 11) is 0. The SMILES string of the molecule is CC(=O)C=C(C)[O-].[Sr+2]. The zero-order valence-electron chi connectivity index (χ0n) is 5.10. The van der Waals surface area contributed by atoms with Gasteiger partial charge in [-0.3, -0.25) is 4.79 Å². The average Bonchev–Trinajstić information content (AvgIpc) is 1.27. The Bertz CT molecular complexity index is 103. The van der Waals surface area contributed by atoms with Gasteiger partial charge in [-0.2, -0.15) is 0 Å². The maximum atomic E-state index is 9.98. The summed E-state index contributed by atoms with van der Waals surface area (Å²) in [6, 6.07) is 0. The third kappa shape index (κ3) is 9.85. The van der Waals surface area contributed by atoms with Crippen molar-refractivity contribution in [3.8, 4) is 0 Å². The number of carbonyl (C=O) groups excluding carboxylic acids is 1. The van der Waals surface area contributed by atoms with Gasteiger partial charge in [-0.05, 0) is 13.0 Å². The van der Waals surface area contributed by atoms with Crippen LogP contribution < -0.4 is 5.11 Å². The number of carbonyl (C=O) groups is 1. The molecule has 0 aromatic heterocycles. The molecule has 2 nitrogen and oxygen atoms in total. The first-order valence-electron chi connectivity index (χ1n) is 1.99. The van der Waals surface area contributed by atoms with Crippen LogP contribution in [0.25, 0.3) is 0 Å². The smallest absolute Gasteiger partial charge is 0.876 e. The van der Waals surface area contributed by atoms with Gasteiger partial charge in [0.2, 0.25) is 0 Å². The summed E-state index contributed by atoms with van der Waals surface area (Å²) in [4.78, 5) is 9.98. The second-order valence-corrected chi connectivity index (χ2v) is 1.37. The van der Waals surface area contributed by atoms with Crippen molar-refractivity contribution in [3.63, 3.8) is 0 Å². The molecule has 40 valence electrons. The van der Waals surface area contributed by atoms with E-state index in [1.54, 1.807) is 0 Å². The van der Waals surface area contributed by atoms with Crippen LogP contribution in [0, 0.1) is 0 Å². The minimum absolute atomic E-state index is 0. The molecule has 0 heterocycles. The largest absolute Gasteiger partial charge is 2.00 e. The van der Waals surface area contributed by atoms with E-state index in [1.165, 1.54) is 13.8 Å². The molecular formula is C5H7O2Sr+. The van der Waals surface area contributed by atoms with Gasteiger partial charge in [0.05, 0.1) is 0 Å². The number of hydrogen-bond acceptors (Lipinski definition) is 2. The van der Waals surface area contributed by atoms with Crippen LogP contribution in [0.2, 0.25) is 0 Å². The zero-order chi connectivity index (χ0) is 5.86. The van der Waals surface area contributed by atoms with Crippen molar-refractivity contribution in [2.24, 2.45) is 0 Å². The average molecular weight is 187 g/mol. The Morgan fingerprint density at radius 1 is 1.50 bits per heavy atom. The molecule has 0 aliphatic rings. The summed E-state index contributed by atoms with van der Waals surface area (Å²) in [5, 5.41) is 9.98. The van der Waals surface area contributed by atoms with Gasteiger partial charge in [0, 0.05) is 0 Å². The summed E-state index contributed by atoms with van der Waals surface area (Å²) >= 11 is 0. The molecule has 0 spiro atoms. The summed E-state index contributed by atoms with van der Waals surface area (Å²) in [6.45, 7) is 2.70. The van der Waals surface area contributed by atoms with Crippen LogP contribution in [0.1, 0.15) is 13.8 Å². The molecule has 0 atom stereocenters. The van der Waals surface area contributed by atoms with Gasteiger partial charge in [-0.15, -0.1) is 5.76 Å². The fourth-order valence-corrected chi connectivity index (χ4v) is 0.286. The second-order valence-electron chi connectivity index (χ2n) is 1.37. The maximum absolute atomic E-state index is 9.98. The predicted molar refractivity (Wildman–Crippen MR) is 30.2 cm³/mol. The minimum Gasteiger partial charge on any atom is -0.876 e. The Kier molecular flexibility index (Phi) is 8.35. The van der Waals surface area contributed by atoms with Crippen LogP contribution in [0.3, 0.4) is 0 Å². The normalized spacial score (nSPS) is 10.0. The molecule has 8 heavy (non-hydrogen) atoms. The molecule has 0 radical (unpaired) electrons. The first-order valence-corrected chi connectivity index (χ1v) is 1.99. The monoisotopic (exact) mass is 187 g/mol. The van der Waals surface area contributed by atoms with Crippen LogP contribution in [0.4, 0.5) is 0 Å². The van der Waals surface area contributed by atoms with Crippen LogP contribution in [0.15, 0.2) is 11.8 Å². The summed E-state index contributed by atoms with van der Waals surface area (Å²) in [5.74, 6) is -0.375. The maximum Gasteiger partial charge on any atom is 2.00 e. The van der Waals surface area contributed by atoms with Crippen LogP contribution >= 0.6 is 0 Å². The zero-order valence-corrected chi connectivity index (χ0v) is 8.58. The van der Waals surface area contributed by atoms with Crippen molar-refractivity contribution < 1.29 is 9.90 Å². The van der Waals surface area contributed by atoms with Gasteiger partial charge >= 0.3 is 45.5 Å². The van der Waals surface area contributed by atoms with E-state index >= 15 is 0 Å². The van der Waals surface area contributed by atoms with Crippen molar-refractivity contribution in [1.82, 2.24) is 0 Å². The van der Waals surface area contributed by atoms with Crippen LogP contribution in [-0.2, 0) is 4.79 Å². The fraction of sp³-hybridized carbons (Fsp3) is 0.400. The van der Waals surface area contributed by atoms with Crippen LogP contribution in [0.5, 0.6) is 0 Å². The summed E-state index contributed by atoms with van der Waals surface area (Å²) < 4.78 is 0. The molecule has 0 saturated carbocycles. The van der Waals surface area contributed by atoms with Gasteiger partial charge in [-0.1, -0.05) is 6.92 Å². The van der Waals surface area contributed by atoms with Crippen molar-refractivity contribution in [3.05, 3.63) is 11.8 Å². The Labute approximate surface area is 85.9 Å². The van der Waals surface area contributed by atoms with E-state index in [0.29, 0.717) is 0 Å². The molecule has 0 N–H and O–H groups in total. The van der Waals surface area contributed by atoms with E-state index in [9.17, 15) is 9.90 Å². The molecule has 0 rings (SSSR count). The Balaban J connectivity index is 0. The van der Waals surface area contributed by atoms with Crippen molar-refractivity contribution in [1.29, 1.82) is 0 Å². The Hall–Kier alpha value is 0.691. The molecule has 0 fully saturated rings. The predicted octanol–water partition coefficient (Wildman–Crippen LogP) is -0.541. The van der Waals surface area contributed by atoms with Gasteiger partial charge < -0.3 is 5.11 Å². The first kappa shape index (κ1) is 11.5. The van der Waals surface area contributed by atoms with Gasteiger partial charge in [0.15, 0.2) is 5.78 Å². The Morgan fingerprint density at radius 3 is 1.88 bits per heavy atom. The summed E-state index contributed by atoms with van der Waals surface area (Å²) in [5.41, 5.74) is 0. The molecule has 0 aromatic rings. The molecular weight excluding hydrogens is 180 g/mol. The van der Waals surface area contributed by atoms with E-state index in [-0.39, 0.29) is 57.0 Å². The number of ketones is 1. The molecule has 0 unspecified atom stereocenters. The Morgan fingerprint density at radius 2 is 1.88 bits per heavy atom. The van der Waals surface area contributed by atoms with Gasteiger partial charge in [0.1, 0.15) is 0 Å². The first-order chi connectivity index (χ1) is 3.13. The molecule has 0 aliphatic carbocycles. The third-order valence-corrected chi connectivity index (χ3v) is 0.407. The van der Waals surface area contributed by atoms with E-state index in [0.717, 1.165) is 6.08 Å². The number of allylic oxidation sites excluding steroid dienone is 2. The van der Waals surface area contributed by atoms with Gasteiger partial charge in [-0.25, -0.2) is 0 Å². The second kappa shape index (κ2) is 5.82. The van der Waals surface area contributed by atoms with E-state index < -0.39 is 0 Å². The van der Waals surface area contributed by atoms with Crippen molar-refractivity contribution >= 4 is 51.3 Å². The topological polar surface area (TPSA) is 40.1 Å². The minimum atomic E-state index is -0.187. The molecule has 0 aromatic carbocycles. The summed E-state index contributed by atoms with van der Waals surface area (Å²) in [6.07, 6.45) is 1.06. The van der Waals surface area contributed by atoms with Crippen molar-refractivity contribution in [2.45, 2.75) is 13.8 Å². The molecule has 0 amide bonds. The molecule has 0 bridgehead atoms. The van der Waals surface area contributed by atoms with Crippen LogP contribution in [-0.4, -0.2) is 51.3 Å². The number of hydrogen-bond donors (Lipinski definition) is 0.